The number of carboxylic acid groups (broad SMARTS) is 1. The third-order valence-corrected chi connectivity index (χ3v) is 4.70. The second-order valence-electron chi connectivity index (χ2n) is 5.76. The largest absolute Gasteiger partial charge is 0.478 e. The summed E-state index contributed by atoms with van der Waals surface area (Å²) in [4.78, 5) is 40.0. The highest BCUT2D eigenvalue weighted by molar-refractivity contribution is 8.14. The van der Waals surface area contributed by atoms with Gasteiger partial charge in [-0.1, -0.05) is 36.0 Å². The van der Waals surface area contributed by atoms with Crippen LogP contribution in [0.5, 0.6) is 0 Å². The van der Waals surface area contributed by atoms with Crippen LogP contribution in [0.1, 0.15) is 26.3 Å². The Bertz CT molecular complexity index is 927. The second-order valence-corrected chi connectivity index (χ2v) is 6.84. The molecule has 0 aromatic heterocycles. The van der Waals surface area contributed by atoms with Crippen molar-refractivity contribution in [3.05, 3.63) is 65.2 Å². The number of rotatable bonds is 5. The van der Waals surface area contributed by atoms with Crippen LogP contribution in [-0.4, -0.2) is 40.4 Å². The van der Waals surface area contributed by atoms with Crippen LogP contribution < -0.4 is 10.6 Å². The molecule has 1 heterocycles. The number of nitrogens with one attached hydrogen (secondary N) is 2. The lowest BCUT2D eigenvalue weighted by atomic mass is 10.0. The summed E-state index contributed by atoms with van der Waals surface area (Å²) in [6.07, 6.45) is -0.0770. The van der Waals surface area contributed by atoms with Gasteiger partial charge >= 0.3 is 5.97 Å². The Balaban J connectivity index is 1.66. The van der Waals surface area contributed by atoms with E-state index in [2.05, 4.69) is 15.6 Å². The first kappa shape index (κ1) is 18.7. The van der Waals surface area contributed by atoms with Crippen molar-refractivity contribution in [1.82, 2.24) is 5.32 Å². The number of hydrogen-bond donors (Lipinski definition) is 3. The zero-order valence-corrected chi connectivity index (χ0v) is 15.1. The molecule has 0 atom stereocenters. The molecule has 2 aromatic rings. The number of aliphatic imine (C=N–C) groups is 1. The number of carbonyl (C=O) groups excluding carboxylic acids is 2. The number of anilines is 1. The molecule has 0 saturated heterocycles. The Morgan fingerprint density at radius 3 is 2.63 bits per heavy atom. The molecule has 1 aliphatic heterocycles. The van der Waals surface area contributed by atoms with Gasteiger partial charge in [-0.25, -0.2) is 4.79 Å². The van der Waals surface area contributed by atoms with Gasteiger partial charge in [-0.15, -0.1) is 0 Å². The minimum absolute atomic E-state index is 0.0770. The van der Waals surface area contributed by atoms with Gasteiger partial charge < -0.3 is 15.7 Å². The Labute approximate surface area is 159 Å². The summed E-state index contributed by atoms with van der Waals surface area (Å²) in [5, 5.41) is 15.2. The van der Waals surface area contributed by atoms with E-state index in [0.717, 1.165) is 5.75 Å². The van der Waals surface area contributed by atoms with Crippen LogP contribution in [-0.2, 0) is 11.2 Å². The number of carbonyl (C=O) groups is 3. The van der Waals surface area contributed by atoms with E-state index in [4.69, 9.17) is 0 Å². The molecule has 0 unspecified atom stereocenters. The maximum absolute atomic E-state index is 12.3. The number of aromatic carboxylic acids is 1. The molecule has 138 valence electrons. The molecule has 0 fully saturated rings. The molecule has 2 aromatic carbocycles. The van der Waals surface area contributed by atoms with Gasteiger partial charge in [-0.05, 0) is 29.8 Å². The van der Waals surface area contributed by atoms with E-state index in [9.17, 15) is 19.5 Å². The van der Waals surface area contributed by atoms with Crippen molar-refractivity contribution >= 4 is 40.4 Å². The molecule has 27 heavy (non-hydrogen) atoms. The molecule has 0 aliphatic carbocycles. The summed E-state index contributed by atoms with van der Waals surface area (Å²) < 4.78 is 0. The van der Waals surface area contributed by atoms with E-state index < -0.39 is 5.97 Å². The van der Waals surface area contributed by atoms with E-state index in [0.29, 0.717) is 28.5 Å². The SMILES string of the molecule is O=C(Cc1ccccc1C(=O)O)Nc1cccc(C(=O)NC2=NCCS2)c1. The Morgan fingerprint density at radius 1 is 1.07 bits per heavy atom. The third kappa shape index (κ3) is 4.95. The van der Waals surface area contributed by atoms with E-state index in [-0.39, 0.29) is 23.8 Å². The van der Waals surface area contributed by atoms with Crippen LogP contribution >= 0.6 is 11.8 Å². The Kier molecular flexibility index (Phi) is 5.87. The van der Waals surface area contributed by atoms with Gasteiger partial charge in [0.15, 0.2) is 5.17 Å². The van der Waals surface area contributed by atoms with Crippen molar-refractivity contribution in [2.75, 3.05) is 17.6 Å². The Hall–Kier alpha value is -3.13. The van der Waals surface area contributed by atoms with Crippen LogP contribution in [0, 0.1) is 0 Å². The van der Waals surface area contributed by atoms with Crippen molar-refractivity contribution in [3.8, 4) is 0 Å². The summed E-state index contributed by atoms with van der Waals surface area (Å²) in [5.74, 6) is -0.888. The molecule has 3 rings (SSSR count). The monoisotopic (exact) mass is 383 g/mol. The fraction of sp³-hybridized carbons (Fsp3) is 0.158. The topological polar surface area (TPSA) is 108 Å². The highest BCUT2D eigenvalue weighted by Gasteiger charge is 2.15. The molecular weight excluding hydrogens is 366 g/mol. The minimum Gasteiger partial charge on any atom is -0.478 e. The number of hydrogen-bond acceptors (Lipinski definition) is 5. The molecule has 1 aliphatic rings. The molecule has 2 amide bonds. The average Bonchev–Trinajstić information content (AvgIpc) is 3.15. The van der Waals surface area contributed by atoms with Crippen LogP contribution in [0.4, 0.5) is 5.69 Å². The molecule has 3 N–H and O–H groups in total. The highest BCUT2D eigenvalue weighted by Crippen LogP contribution is 2.15. The fourth-order valence-corrected chi connectivity index (χ4v) is 3.30. The van der Waals surface area contributed by atoms with E-state index in [1.165, 1.54) is 17.8 Å². The number of nitrogens with zero attached hydrogens (tertiary/aromatic N) is 1. The quantitative estimate of drug-likeness (QED) is 0.735. The maximum atomic E-state index is 12.3. The smallest absolute Gasteiger partial charge is 0.335 e. The number of benzene rings is 2. The van der Waals surface area contributed by atoms with Gasteiger partial charge in [-0.3, -0.25) is 14.6 Å². The fourth-order valence-electron chi connectivity index (χ4n) is 2.58. The van der Waals surface area contributed by atoms with Crippen LogP contribution in [0.25, 0.3) is 0 Å². The van der Waals surface area contributed by atoms with Crippen LogP contribution in [0.15, 0.2) is 53.5 Å². The average molecular weight is 383 g/mol. The third-order valence-electron chi connectivity index (χ3n) is 3.81. The number of amidine groups is 1. The molecule has 0 spiro atoms. The normalized spacial score (nSPS) is 13.0. The molecular formula is C19H17N3O4S. The predicted molar refractivity (Wildman–Crippen MR) is 104 cm³/mol. The first-order chi connectivity index (χ1) is 13.0. The van der Waals surface area contributed by atoms with Crippen molar-refractivity contribution in [2.24, 2.45) is 4.99 Å². The zero-order chi connectivity index (χ0) is 19.2. The number of amides is 2. The lowest BCUT2D eigenvalue weighted by Gasteiger charge is -2.09. The van der Waals surface area contributed by atoms with Crippen LogP contribution in [0.3, 0.4) is 0 Å². The molecule has 0 radical (unpaired) electrons. The van der Waals surface area contributed by atoms with Crippen molar-refractivity contribution in [3.63, 3.8) is 0 Å². The van der Waals surface area contributed by atoms with Gasteiger partial charge in [0.25, 0.3) is 5.91 Å². The van der Waals surface area contributed by atoms with Gasteiger partial charge in [0, 0.05) is 17.0 Å². The van der Waals surface area contributed by atoms with Gasteiger partial charge in [-0.2, -0.15) is 0 Å². The van der Waals surface area contributed by atoms with Gasteiger partial charge in [0.1, 0.15) is 0 Å². The standard InChI is InChI=1S/C19H17N3O4S/c23-16(11-12-4-1-2-7-15(12)18(25)26)21-14-6-3-5-13(10-14)17(24)22-19-20-8-9-27-19/h1-7,10H,8-9,11H2,(H,21,23)(H,25,26)(H,20,22,24). The highest BCUT2D eigenvalue weighted by atomic mass is 32.2. The van der Waals surface area contributed by atoms with Crippen LogP contribution in [0.2, 0.25) is 0 Å². The molecule has 7 nitrogen and oxygen atoms in total. The summed E-state index contributed by atoms with van der Waals surface area (Å²) in [6.45, 7) is 0.689. The zero-order valence-electron chi connectivity index (χ0n) is 14.3. The van der Waals surface area contributed by atoms with Gasteiger partial charge in [0.2, 0.25) is 5.91 Å². The van der Waals surface area contributed by atoms with E-state index in [1.807, 2.05) is 0 Å². The molecule has 0 bridgehead atoms. The first-order valence-corrected chi connectivity index (χ1v) is 9.21. The first-order valence-electron chi connectivity index (χ1n) is 8.22. The molecule has 0 saturated carbocycles. The van der Waals surface area contributed by atoms with Crippen molar-refractivity contribution in [1.29, 1.82) is 0 Å². The second kappa shape index (κ2) is 8.50. The minimum atomic E-state index is -1.08. The maximum Gasteiger partial charge on any atom is 0.335 e. The van der Waals surface area contributed by atoms with Crippen molar-refractivity contribution < 1.29 is 19.5 Å². The lowest BCUT2D eigenvalue weighted by molar-refractivity contribution is -0.115. The number of thioether (sulfide) groups is 1. The van der Waals surface area contributed by atoms with Gasteiger partial charge in [0.05, 0.1) is 18.5 Å². The van der Waals surface area contributed by atoms with E-state index in [1.54, 1.807) is 42.5 Å². The summed E-state index contributed by atoms with van der Waals surface area (Å²) in [5.41, 5.74) is 1.37. The summed E-state index contributed by atoms with van der Waals surface area (Å²) in [7, 11) is 0. The van der Waals surface area contributed by atoms with E-state index >= 15 is 0 Å². The Morgan fingerprint density at radius 2 is 1.89 bits per heavy atom. The number of carboxylic acids is 1. The molecule has 8 heteroatoms. The lowest BCUT2D eigenvalue weighted by Crippen LogP contribution is -2.27. The summed E-state index contributed by atoms with van der Waals surface area (Å²) >= 11 is 1.49. The van der Waals surface area contributed by atoms with Crippen molar-refractivity contribution in [2.45, 2.75) is 6.42 Å². The predicted octanol–water partition coefficient (Wildman–Crippen LogP) is 2.40. The summed E-state index contributed by atoms with van der Waals surface area (Å²) in [6, 6.07) is 12.9.